The third-order valence-electron chi connectivity index (χ3n) is 3.19. The largest absolute Gasteiger partial charge is 0.378 e. The molecule has 0 saturated carbocycles. The lowest BCUT2D eigenvalue weighted by molar-refractivity contribution is 0.533. The molecular formula is C11H14N2. The summed E-state index contributed by atoms with van der Waals surface area (Å²) in [5.74, 6) is 0. The van der Waals surface area contributed by atoms with Crippen molar-refractivity contribution in [3.05, 3.63) is 29.8 Å². The van der Waals surface area contributed by atoms with Gasteiger partial charge in [0.15, 0.2) is 0 Å². The molecular weight excluding hydrogens is 160 g/mol. The number of hydrogen-bond donors (Lipinski definition) is 2. The summed E-state index contributed by atoms with van der Waals surface area (Å²) in [6.45, 7) is 2.27. The molecule has 0 aliphatic carbocycles. The summed E-state index contributed by atoms with van der Waals surface area (Å²) < 4.78 is 0. The summed E-state index contributed by atoms with van der Waals surface area (Å²) >= 11 is 0. The summed E-state index contributed by atoms with van der Waals surface area (Å²) in [5.41, 5.74) is 3.15. The van der Waals surface area contributed by atoms with Crippen molar-refractivity contribution in [3.63, 3.8) is 0 Å². The van der Waals surface area contributed by atoms with Crippen LogP contribution < -0.4 is 10.6 Å². The minimum absolute atomic E-state index is 0.337. The first-order valence-electron chi connectivity index (χ1n) is 4.95. The van der Waals surface area contributed by atoms with Crippen LogP contribution in [0, 0.1) is 0 Å². The van der Waals surface area contributed by atoms with E-state index in [1.807, 2.05) is 0 Å². The van der Waals surface area contributed by atoms with Crippen LogP contribution >= 0.6 is 0 Å². The van der Waals surface area contributed by atoms with Crippen molar-refractivity contribution in [3.8, 4) is 0 Å². The molecule has 1 atom stereocenters. The van der Waals surface area contributed by atoms with Crippen LogP contribution in [-0.2, 0) is 6.42 Å². The Kier molecular flexibility index (Phi) is 1.41. The Morgan fingerprint density at radius 3 is 2.92 bits per heavy atom. The van der Waals surface area contributed by atoms with Crippen LogP contribution in [0.5, 0.6) is 0 Å². The summed E-state index contributed by atoms with van der Waals surface area (Å²) in [4.78, 5) is 0. The molecule has 13 heavy (non-hydrogen) atoms. The van der Waals surface area contributed by atoms with Crippen LogP contribution in [0.25, 0.3) is 0 Å². The Bertz CT molecular complexity index is 300. The first kappa shape index (κ1) is 7.39. The van der Waals surface area contributed by atoms with Crippen molar-refractivity contribution in [1.82, 2.24) is 5.32 Å². The highest BCUT2D eigenvalue weighted by atomic mass is 15.1. The minimum atomic E-state index is 0.337. The maximum Gasteiger partial charge on any atom is 0.0551 e. The van der Waals surface area contributed by atoms with Gasteiger partial charge in [-0.15, -0.1) is 0 Å². The van der Waals surface area contributed by atoms with E-state index in [-0.39, 0.29) is 0 Å². The third kappa shape index (κ3) is 1.05. The summed E-state index contributed by atoms with van der Waals surface area (Å²) in [7, 11) is 0. The monoisotopic (exact) mass is 174 g/mol. The van der Waals surface area contributed by atoms with Crippen molar-refractivity contribution < 1.29 is 0 Å². The zero-order valence-electron chi connectivity index (χ0n) is 7.64. The Morgan fingerprint density at radius 1 is 1.23 bits per heavy atom. The van der Waals surface area contributed by atoms with Gasteiger partial charge in [0.2, 0.25) is 0 Å². The molecule has 1 aromatic carbocycles. The molecule has 0 aromatic heterocycles. The standard InChI is InChI=1S/C11H14N2/c1-2-4-10-9(3-1)7-11(13-10)5-6-12-8-11/h1-4,12-13H,5-8H2. The van der Waals surface area contributed by atoms with Crippen LogP contribution in [0.2, 0.25) is 0 Å². The summed E-state index contributed by atoms with van der Waals surface area (Å²) in [5, 5.41) is 7.07. The fraction of sp³-hybridized carbons (Fsp3) is 0.455. The van der Waals surface area contributed by atoms with Gasteiger partial charge in [-0.1, -0.05) is 18.2 Å². The highest BCUT2D eigenvalue weighted by Gasteiger charge is 2.38. The maximum atomic E-state index is 3.65. The lowest BCUT2D eigenvalue weighted by atomic mass is 9.95. The van der Waals surface area contributed by atoms with Gasteiger partial charge in [-0.05, 0) is 31.0 Å². The number of fused-ring (bicyclic) bond motifs is 1. The topological polar surface area (TPSA) is 24.1 Å². The van der Waals surface area contributed by atoms with Crippen LogP contribution in [0.15, 0.2) is 24.3 Å². The Hall–Kier alpha value is -1.02. The highest BCUT2D eigenvalue weighted by molar-refractivity contribution is 5.59. The van der Waals surface area contributed by atoms with Crippen molar-refractivity contribution >= 4 is 5.69 Å². The predicted molar refractivity (Wildman–Crippen MR) is 54.0 cm³/mol. The van der Waals surface area contributed by atoms with Gasteiger partial charge in [0.05, 0.1) is 5.54 Å². The molecule has 0 bridgehead atoms. The predicted octanol–water partition coefficient (Wildman–Crippen LogP) is 1.39. The average Bonchev–Trinajstić information content (AvgIpc) is 2.72. The molecule has 2 aliphatic heterocycles. The summed E-state index contributed by atoms with van der Waals surface area (Å²) in [6.07, 6.45) is 2.44. The fourth-order valence-electron chi connectivity index (χ4n) is 2.49. The van der Waals surface area contributed by atoms with Gasteiger partial charge >= 0.3 is 0 Å². The first-order chi connectivity index (χ1) is 6.38. The van der Waals surface area contributed by atoms with Crippen molar-refractivity contribution in [1.29, 1.82) is 0 Å². The Balaban J connectivity index is 1.96. The van der Waals surface area contributed by atoms with Crippen molar-refractivity contribution in [2.45, 2.75) is 18.4 Å². The molecule has 2 heterocycles. The van der Waals surface area contributed by atoms with E-state index >= 15 is 0 Å². The first-order valence-corrected chi connectivity index (χ1v) is 4.95. The number of para-hydroxylation sites is 1. The molecule has 1 saturated heterocycles. The van der Waals surface area contributed by atoms with E-state index in [1.54, 1.807) is 0 Å². The normalized spacial score (nSPS) is 30.5. The molecule has 2 nitrogen and oxygen atoms in total. The number of anilines is 1. The number of rotatable bonds is 0. The van der Waals surface area contributed by atoms with Crippen LogP contribution in [0.3, 0.4) is 0 Å². The minimum Gasteiger partial charge on any atom is -0.378 e. The quantitative estimate of drug-likeness (QED) is 0.621. The summed E-state index contributed by atoms with van der Waals surface area (Å²) in [6, 6.07) is 8.65. The van der Waals surface area contributed by atoms with Gasteiger partial charge in [0, 0.05) is 12.2 Å². The van der Waals surface area contributed by atoms with Gasteiger partial charge in [-0.3, -0.25) is 0 Å². The van der Waals surface area contributed by atoms with E-state index in [1.165, 1.54) is 24.1 Å². The zero-order valence-corrected chi connectivity index (χ0v) is 7.64. The average molecular weight is 174 g/mol. The highest BCUT2D eigenvalue weighted by Crippen LogP contribution is 2.35. The number of hydrogen-bond acceptors (Lipinski definition) is 2. The van der Waals surface area contributed by atoms with Crippen LogP contribution in [-0.4, -0.2) is 18.6 Å². The lowest BCUT2D eigenvalue weighted by Crippen LogP contribution is -2.38. The SMILES string of the molecule is c1ccc2c(c1)CC1(CCNC1)N2. The van der Waals surface area contributed by atoms with E-state index in [4.69, 9.17) is 0 Å². The number of benzene rings is 1. The molecule has 1 fully saturated rings. The van der Waals surface area contributed by atoms with E-state index in [0.717, 1.165) is 13.1 Å². The van der Waals surface area contributed by atoms with Crippen molar-refractivity contribution in [2.75, 3.05) is 18.4 Å². The molecule has 2 aliphatic rings. The van der Waals surface area contributed by atoms with E-state index in [9.17, 15) is 0 Å². The molecule has 2 N–H and O–H groups in total. The van der Waals surface area contributed by atoms with Gasteiger partial charge in [-0.2, -0.15) is 0 Å². The molecule has 1 unspecified atom stereocenters. The fourth-order valence-corrected chi connectivity index (χ4v) is 2.49. The third-order valence-corrected chi connectivity index (χ3v) is 3.19. The zero-order chi connectivity index (χ0) is 8.73. The van der Waals surface area contributed by atoms with Gasteiger partial charge < -0.3 is 10.6 Å². The lowest BCUT2D eigenvalue weighted by Gasteiger charge is -2.22. The smallest absolute Gasteiger partial charge is 0.0551 e. The van der Waals surface area contributed by atoms with Crippen molar-refractivity contribution in [2.24, 2.45) is 0 Å². The Labute approximate surface area is 78.3 Å². The second-order valence-electron chi connectivity index (χ2n) is 4.17. The maximum absolute atomic E-state index is 3.65. The van der Waals surface area contributed by atoms with E-state index in [2.05, 4.69) is 34.9 Å². The second-order valence-corrected chi connectivity index (χ2v) is 4.17. The Morgan fingerprint density at radius 2 is 2.15 bits per heavy atom. The molecule has 3 rings (SSSR count). The van der Waals surface area contributed by atoms with E-state index in [0.29, 0.717) is 5.54 Å². The molecule has 1 aromatic rings. The van der Waals surface area contributed by atoms with Crippen LogP contribution in [0.1, 0.15) is 12.0 Å². The van der Waals surface area contributed by atoms with E-state index < -0.39 is 0 Å². The molecule has 2 heteroatoms. The van der Waals surface area contributed by atoms with Crippen LogP contribution in [0.4, 0.5) is 5.69 Å². The van der Waals surface area contributed by atoms with Gasteiger partial charge in [0.1, 0.15) is 0 Å². The molecule has 68 valence electrons. The number of nitrogens with one attached hydrogen (secondary N) is 2. The molecule has 1 spiro atoms. The second kappa shape index (κ2) is 2.48. The van der Waals surface area contributed by atoms with Gasteiger partial charge in [0.25, 0.3) is 0 Å². The molecule has 0 amide bonds. The van der Waals surface area contributed by atoms with Gasteiger partial charge in [-0.25, -0.2) is 0 Å². The molecule has 0 radical (unpaired) electrons.